The lowest BCUT2D eigenvalue weighted by Crippen LogP contribution is -1.87. The normalized spacial score (nSPS) is 11.2. The standard InChI is InChI=1S/C14H14N2S/c1-10-11(2)17-14-15-13(9-16(10)14)8-12-6-4-3-5-7-12/h3-7,9H,8H2,1-2H3. The molecule has 2 nitrogen and oxygen atoms in total. The number of fused-ring (bicyclic) bond motifs is 1. The van der Waals surface area contributed by atoms with Crippen LogP contribution in [0.4, 0.5) is 0 Å². The summed E-state index contributed by atoms with van der Waals surface area (Å²) in [7, 11) is 0. The lowest BCUT2D eigenvalue weighted by atomic mass is 10.1. The molecule has 0 radical (unpaired) electrons. The molecule has 0 saturated carbocycles. The van der Waals surface area contributed by atoms with E-state index in [9.17, 15) is 0 Å². The molecule has 1 aromatic carbocycles. The summed E-state index contributed by atoms with van der Waals surface area (Å²) in [6.45, 7) is 4.29. The zero-order chi connectivity index (χ0) is 11.8. The van der Waals surface area contributed by atoms with Crippen LogP contribution in [0.3, 0.4) is 0 Å². The van der Waals surface area contributed by atoms with E-state index in [2.05, 4.69) is 53.7 Å². The number of hydrogen-bond donors (Lipinski definition) is 0. The van der Waals surface area contributed by atoms with Gasteiger partial charge in [-0.1, -0.05) is 30.3 Å². The molecule has 0 fully saturated rings. The fraction of sp³-hybridized carbons (Fsp3) is 0.214. The fourth-order valence-corrected chi connectivity index (χ4v) is 2.96. The van der Waals surface area contributed by atoms with Gasteiger partial charge >= 0.3 is 0 Å². The first kappa shape index (κ1) is 10.5. The van der Waals surface area contributed by atoms with Crippen molar-refractivity contribution in [3.05, 3.63) is 58.4 Å². The largest absolute Gasteiger partial charge is 0.294 e. The van der Waals surface area contributed by atoms with E-state index in [0.717, 1.165) is 17.1 Å². The predicted octanol–water partition coefficient (Wildman–Crippen LogP) is 3.60. The minimum Gasteiger partial charge on any atom is -0.294 e. The first-order valence-electron chi connectivity index (χ1n) is 5.72. The molecule has 86 valence electrons. The lowest BCUT2D eigenvalue weighted by Gasteiger charge is -1.96. The van der Waals surface area contributed by atoms with Crippen LogP contribution in [0.5, 0.6) is 0 Å². The van der Waals surface area contributed by atoms with Crippen molar-refractivity contribution in [2.45, 2.75) is 20.3 Å². The van der Waals surface area contributed by atoms with E-state index in [1.165, 1.54) is 16.1 Å². The maximum atomic E-state index is 4.67. The highest BCUT2D eigenvalue weighted by atomic mass is 32.1. The molecule has 3 aromatic rings. The summed E-state index contributed by atoms with van der Waals surface area (Å²) in [5.74, 6) is 0. The lowest BCUT2D eigenvalue weighted by molar-refractivity contribution is 1.08. The minimum atomic E-state index is 0.910. The molecule has 3 rings (SSSR count). The highest BCUT2D eigenvalue weighted by Crippen LogP contribution is 2.22. The number of hydrogen-bond acceptors (Lipinski definition) is 2. The van der Waals surface area contributed by atoms with E-state index < -0.39 is 0 Å². The monoisotopic (exact) mass is 242 g/mol. The van der Waals surface area contributed by atoms with Gasteiger partial charge in [0, 0.05) is 23.2 Å². The van der Waals surface area contributed by atoms with Crippen LogP contribution in [0.2, 0.25) is 0 Å². The first-order valence-corrected chi connectivity index (χ1v) is 6.53. The Morgan fingerprint density at radius 1 is 1.18 bits per heavy atom. The highest BCUT2D eigenvalue weighted by Gasteiger charge is 2.08. The Balaban J connectivity index is 1.97. The maximum Gasteiger partial charge on any atom is 0.194 e. The molecule has 0 aliphatic carbocycles. The fourth-order valence-electron chi connectivity index (χ4n) is 1.99. The number of aryl methyl sites for hydroxylation is 2. The maximum absolute atomic E-state index is 4.67. The van der Waals surface area contributed by atoms with Gasteiger partial charge in [0.2, 0.25) is 0 Å². The van der Waals surface area contributed by atoms with Crippen molar-refractivity contribution in [2.75, 3.05) is 0 Å². The van der Waals surface area contributed by atoms with Gasteiger partial charge in [0.25, 0.3) is 0 Å². The zero-order valence-corrected chi connectivity index (χ0v) is 10.8. The SMILES string of the molecule is Cc1sc2nc(Cc3ccccc3)cn2c1C. The Hall–Kier alpha value is -1.61. The van der Waals surface area contributed by atoms with Gasteiger partial charge in [-0.15, -0.1) is 11.3 Å². The second-order valence-electron chi connectivity index (χ2n) is 4.29. The molecule has 0 amide bonds. The molecule has 3 heteroatoms. The Bertz CT molecular complexity index is 649. The molecule has 0 spiro atoms. The van der Waals surface area contributed by atoms with Crippen molar-refractivity contribution >= 4 is 16.3 Å². The summed E-state index contributed by atoms with van der Waals surface area (Å²) in [5.41, 5.74) is 3.76. The number of rotatable bonds is 2. The molecule has 0 aliphatic rings. The molecular weight excluding hydrogens is 228 g/mol. The van der Waals surface area contributed by atoms with Crippen molar-refractivity contribution in [1.29, 1.82) is 0 Å². The molecule has 0 aliphatic heterocycles. The summed E-state index contributed by atoms with van der Waals surface area (Å²) in [6, 6.07) is 10.5. The van der Waals surface area contributed by atoms with Crippen LogP contribution in [0, 0.1) is 13.8 Å². The molecule has 2 heterocycles. The molecule has 0 N–H and O–H groups in total. The van der Waals surface area contributed by atoms with E-state index >= 15 is 0 Å². The summed E-state index contributed by atoms with van der Waals surface area (Å²) < 4.78 is 2.19. The molecule has 17 heavy (non-hydrogen) atoms. The third-order valence-electron chi connectivity index (χ3n) is 3.07. The topological polar surface area (TPSA) is 17.3 Å². The molecule has 0 unspecified atom stereocenters. The van der Waals surface area contributed by atoms with Crippen molar-refractivity contribution in [3.63, 3.8) is 0 Å². The van der Waals surface area contributed by atoms with Crippen LogP contribution in [0.25, 0.3) is 4.96 Å². The van der Waals surface area contributed by atoms with Gasteiger partial charge in [-0.25, -0.2) is 4.98 Å². The van der Waals surface area contributed by atoms with Gasteiger partial charge in [-0.05, 0) is 19.4 Å². The predicted molar refractivity (Wildman–Crippen MR) is 71.8 cm³/mol. The number of aromatic nitrogens is 2. The summed E-state index contributed by atoms with van der Waals surface area (Å²) in [4.78, 5) is 7.12. The first-order chi connectivity index (χ1) is 8.24. The number of benzene rings is 1. The van der Waals surface area contributed by atoms with Crippen molar-refractivity contribution in [2.24, 2.45) is 0 Å². The number of thiazole rings is 1. The average Bonchev–Trinajstić information content (AvgIpc) is 2.82. The van der Waals surface area contributed by atoms with Gasteiger partial charge in [-0.2, -0.15) is 0 Å². The molecular formula is C14H14N2S. The summed E-state index contributed by atoms with van der Waals surface area (Å²) in [5, 5.41) is 0. The summed E-state index contributed by atoms with van der Waals surface area (Å²) in [6.07, 6.45) is 3.06. The number of nitrogens with zero attached hydrogens (tertiary/aromatic N) is 2. The van der Waals surface area contributed by atoms with Crippen molar-refractivity contribution in [3.8, 4) is 0 Å². The zero-order valence-electron chi connectivity index (χ0n) is 9.97. The quantitative estimate of drug-likeness (QED) is 0.671. The number of imidazole rings is 1. The Morgan fingerprint density at radius 3 is 2.65 bits per heavy atom. The van der Waals surface area contributed by atoms with Gasteiger partial charge < -0.3 is 0 Å². The molecule has 0 atom stereocenters. The van der Waals surface area contributed by atoms with E-state index in [1.807, 2.05) is 6.07 Å². The molecule has 0 saturated heterocycles. The Morgan fingerprint density at radius 2 is 1.94 bits per heavy atom. The van der Waals surface area contributed by atoms with Gasteiger partial charge in [0.1, 0.15) is 0 Å². The smallest absolute Gasteiger partial charge is 0.194 e. The van der Waals surface area contributed by atoms with Crippen LogP contribution in [0.1, 0.15) is 21.8 Å². The van der Waals surface area contributed by atoms with Crippen LogP contribution in [-0.4, -0.2) is 9.38 Å². The van der Waals surface area contributed by atoms with Crippen LogP contribution < -0.4 is 0 Å². The van der Waals surface area contributed by atoms with Crippen molar-refractivity contribution < 1.29 is 0 Å². The molecule has 0 bridgehead atoms. The van der Waals surface area contributed by atoms with Crippen molar-refractivity contribution in [1.82, 2.24) is 9.38 Å². The average molecular weight is 242 g/mol. The van der Waals surface area contributed by atoms with Crippen LogP contribution in [0.15, 0.2) is 36.5 Å². The summed E-state index contributed by atoms with van der Waals surface area (Å²) >= 11 is 1.76. The van der Waals surface area contributed by atoms with Gasteiger partial charge in [-0.3, -0.25) is 4.40 Å². The Kier molecular flexibility index (Phi) is 2.48. The second-order valence-corrected chi connectivity index (χ2v) is 5.47. The second kappa shape index (κ2) is 4.00. The van der Waals surface area contributed by atoms with E-state index in [4.69, 9.17) is 0 Å². The van der Waals surface area contributed by atoms with Crippen LogP contribution in [-0.2, 0) is 6.42 Å². The van der Waals surface area contributed by atoms with Gasteiger partial charge in [0.05, 0.1) is 5.69 Å². The van der Waals surface area contributed by atoms with E-state index in [-0.39, 0.29) is 0 Å². The van der Waals surface area contributed by atoms with E-state index in [1.54, 1.807) is 11.3 Å². The minimum absolute atomic E-state index is 0.910. The van der Waals surface area contributed by atoms with E-state index in [0.29, 0.717) is 0 Å². The Labute approximate surface area is 105 Å². The highest BCUT2D eigenvalue weighted by molar-refractivity contribution is 7.17. The third-order valence-corrected chi connectivity index (χ3v) is 4.14. The third kappa shape index (κ3) is 1.87. The van der Waals surface area contributed by atoms with Crippen LogP contribution >= 0.6 is 11.3 Å². The van der Waals surface area contributed by atoms with Gasteiger partial charge in [0.15, 0.2) is 4.96 Å². The molecule has 2 aromatic heterocycles.